The number of halogens is 2. The van der Waals surface area contributed by atoms with Crippen molar-refractivity contribution in [3.8, 4) is 0 Å². The van der Waals surface area contributed by atoms with E-state index in [1.165, 1.54) is 10.9 Å². The van der Waals surface area contributed by atoms with Gasteiger partial charge in [0.2, 0.25) is 0 Å². The van der Waals surface area contributed by atoms with Crippen LogP contribution in [0.5, 0.6) is 0 Å². The molecule has 0 fully saturated rings. The van der Waals surface area contributed by atoms with Crippen LogP contribution in [-0.2, 0) is 20.4 Å². The zero-order chi connectivity index (χ0) is 15.0. The summed E-state index contributed by atoms with van der Waals surface area (Å²) < 4.78 is 0. The summed E-state index contributed by atoms with van der Waals surface area (Å²) in [5.41, 5.74) is 2.39. The van der Waals surface area contributed by atoms with E-state index in [2.05, 4.69) is 78.6 Å². The molecule has 1 aromatic heterocycles. The van der Waals surface area contributed by atoms with Crippen molar-refractivity contribution in [1.29, 1.82) is 0 Å². The van der Waals surface area contributed by atoms with Crippen molar-refractivity contribution in [2.75, 3.05) is 18.0 Å². The minimum absolute atomic E-state index is 0.888. The van der Waals surface area contributed by atoms with Gasteiger partial charge >= 0.3 is 34.7 Å². The fourth-order valence-electron chi connectivity index (χ4n) is 2.23. The molecule has 2 rings (SSSR count). The van der Waals surface area contributed by atoms with Crippen molar-refractivity contribution >= 4 is 52.3 Å². The average molecular weight is 625 g/mol. The molecule has 0 spiro atoms. The molecule has 0 unspecified atom stereocenters. The van der Waals surface area contributed by atoms with Crippen LogP contribution in [0, 0.1) is 0 Å². The second-order valence-electron chi connectivity index (χ2n) is 4.63. The number of anilines is 1. The monoisotopic (exact) mass is 626 g/mol. The van der Waals surface area contributed by atoms with E-state index in [1.54, 1.807) is 0 Å². The third-order valence-electron chi connectivity index (χ3n) is 3.08. The van der Waals surface area contributed by atoms with Crippen LogP contribution in [0.15, 0.2) is 24.3 Å². The van der Waals surface area contributed by atoms with E-state index in [4.69, 9.17) is 4.98 Å². The molecule has 1 heterocycles. The second kappa shape index (κ2) is 10.2. The molecule has 20 heavy (non-hydrogen) atoms. The normalized spacial score (nSPS) is 10.2. The molecule has 0 amide bonds. The quantitative estimate of drug-likeness (QED) is 0.325. The van der Waals surface area contributed by atoms with Gasteiger partial charge in [0.15, 0.2) is 0 Å². The summed E-state index contributed by atoms with van der Waals surface area (Å²) in [5.74, 6) is 1.13. The van der Waals surface area contributed by atoms with Gasteiger partial charge in [-0.05, 0) is 16.5 Å². The first-order valence-electron chi connectivity index (χ1n) is 6.79. The number of hydrogen-bond acceptors (Lipinski definition) is 1. The van der Waals surface area contributed by atoms with Gasteiger partial charge in [-0.15, -0.1) is 0 Å². The van der Waals surface area contributed by atoms with Crippen LogP contribution in [0.3, 0.4) is 0 Å². The Bertz CT molecular complexity index is 510. The van der Waals surface area contributed by atoms with Gasteiger partial charge in [0.1, 0.15) is 0 Å². The molecular weight excluding hydrogens is 605 g/mol. The fourth-order valence-corrected chi connectivity index (χ4v) is 2.58. The third kappa shape index (κ3) is 5.00. The predicted molar refractivity (Wildman–Crippen MR) is 96.7 cm³/mol. The number of alkyl halides is 1. The van der Waals surface area contributed by atoms with Crippen molar-refractivity contribution in [2.24, 2.45) is 0 Å². The molecule has 0 N–H and O–H groups in total. The van der Waals surface area contributed by atoms with Crippen molar-refractivity contribution < 1.29 is 15.1 Å². The van der Waals surface area contributed by atoms with Crippen LogP contribution in [0.2, 0.25) is 0 Å². The van der Waals surface area contributed by atoms with Crippen molar-refractivity contribution in [3.05, 3.63) is 29.8 Å². The van der Waals surface area contributed by atoms with Gasteiger partial charge in [0.05, 0.1) is 0 Å². The van der Waals surface area contributed by atoms with Gasteiger partial charge in [-0.2, -0.15) is 0 Å². The van der Waals surface area contributed by atoms with Gasteiger partial charge in [0, 0.05) is 5.33 Å². The SMILES string of the molecule is CCCN(CCC)c1cc2ccc(CBr)cc2[n-]1.[I][Os]. The van der Waals surface area contributed by atoms with Crippen LogP contribution >= 0.6 is 35.6 Å². The van der Waals surface area contributed by atoms with Crippen LogP contribution in [-0.4, -0.2) is 13.1 Å². The second-order valence-corrected chi connectivity index (χ2v) is 5.19. The summed E-state index contributed by atoms with van der Waals surface area (Å²) in [6.07, 6.45) is 2.33. The maximum absolute atomic E-state index is 4.76. The van der Waals surface area contributed by atoms with Gasteiger partial charge in [-0.3, -0.25) is 0 Å². The van der Waals surface area contributed by atoms with Crippen molar-refractivity contribution in [1.82, 2.24) is 4.98 Å². The van der Waals surface area contributed by atoms with E-state index in [0.717, 1.165) is 42.6 Å². The van der Waals surface area contributed by atoms with Gasteiger partial charge < -0.3 is 9.88 Å². The summed E-state index contributed by atoms with van der Waals surface area (Å²) in [6.45, 7) is 6.60. The summed E-state index contributed by atoms with van der Waals surface area (Å²) in [4.78, 5) is 7.15. The van der Waals surface area contributed by atoms with E-state index in [0.29, 0.717) is 0 Å². The van der Waals surface area contributed by atoms with Crippen LogP contribution in [0.4, 0.5) is 5.82 Å². The Balaban J connectivity index is 0.000000956. The molecule has 0 aliphatic rings. The van der Waals surface area contributed by atoms with E-state index in [-0.39, 0.29) is 0 Å². The topological polar surface area (TPSA) is 17.3 Å². The van der Waals surface area contributed by atoms with Crippen LogP contribution in [0.1, 0.15) is 32.3 Å². The summed E-state index contributed by atoms with van der Waals surface area (Å²) >= 11 is 7.50. The first-order chi connectivity index (χ1) is 9.78. The molecule has 0 bridgehead atoms. The van der Waals surface area contributed by atoms with Gasteiger partial charge in [-0.1, -0.05) is 85.8 Å². The molecule has 0 aliphatic heterocycles. The van der Waals surface area contributed by atoms with Crippen LogP contribution < -0.4 is 9.88 Å². The van der Waals surface area contributed by atoms with Gasteiger partial charge in [-0.25, -0.2) is 0 Å². The summed E-state index contributed by atoms with van der Waals surface area (Å²) in [5, 5.41) is 2.13. The Kier molecular flexibility index (Phi) is 9.40. The van der Waals surface area contributed by atoms with Crippen molar-refractivity contribution in [2.45, 2.75) is 32.0 Å². The summed E-state index contributed by atoms with van der Waals surface area (Å²) in [6, 6.07) is 8.70. The molecule has 0 saturated carbocycles. The van der Waals surface area contributed by atoms with Gasteiger partial charge in [0.25, 0.3) is 0 Å². The molecule has 2 nitrogen and oxygen atoms in total. The Hall–Kier alpha value is 0.406. The molecule has 0 saturated heterocycles. The molecule has 113 valence electrons. The first-order valence-corrected chi connectivity index (χ1v) is 15.1. The molecular formula is C15H20BrIN2Os-. The molecule has 5 heteroatoms. The Morgan fingerprint density at radius 2 is 1.80 bits per heavy atom. The van der Waals surface area contributed by atoms with Crippen molar-refractivity contribution in [3.63, 3.8) is 0 Å². The number of hydrogen-bond donors (Lipinski definition) is 0. The Morgan fingerprint density at radius 1 is 1.15 bits per heavy atom. The number of rotatable bonds is 6. The molecule has 0 aliphatic carbocycles. The standard InChI is InChI=1S/C15H20BrN2.HI.Os/c1-3-7-18(8-4-2)15-10-13-6-5-12(11-16)9-14(13)17-15;;/h5-6,9-10H,3-4,7-8,11H2,1-2H3;1H;/q-1;;+1/p-1. The van der Waals surface area contributed by atoms with E-state index >= 15 is 0 Å². The number of aromatic nitrogens is 1. The fraction of sp³-hybridized carbons (Fsp3) is 0.467. The Labute approximate surface area is 151 Å². The van der Waals surface area contributed by atoms with E-state index < -0.39 is 0 Å². The molecule has 2 aromatic rings. The zero-order valence-electron chi connectivity index (χ0n) is 11.8. The molecule has 1 aromatic carbocycles. The van der Waals surface area contributed by atoms with E-state index in [1.807, 2.05) is 15.1 Å². The molecule has 0 radical (unpaired) electrons. The minimum atomic E-state index is 0.888. The molecule has 0 atom stereocenters. The van der Waals surface area contributed by atoms with Crippen LogP contribution in [0.25, 0.3) is 10.9 Å². The first kappa shape index (κ1) is 18.5. The number of benzene rings is 1. The predicted octanol–water partition coefficient (Wildman–Crippen LogP) is 5.20. The maximum atomic E-state index is 4.76. The van der Waals surface area contributed by atoms with E-state index in [9.17, 15) is 0 Å². The average Bonchev–Trinajstić information content (AvgIpc) is 2.91. The summed E-state index contributed by atoms with van der Waals surface area (Å²) in [7, 11) is 0. The number of fused-ring (bicyclic) bond motifs is 1. The number of nitrogens with zero attached hydrogens (tertiary/aromatic N) is 2. The third-order valence-corrected chi connectivity index (χ3v) is 3.73. The Morgan fingerprint density at radius 3 is 2.35 bits per heavy atom. The zero-order valence-corrected chi connectivity index (χ0v) is 18.1.